The number of aliphatic imine (C=N–C) groups is 1. The normalized spacial score (nSPS) is 23.5. The summed E-state index contributed by atoms with van der Waals surface area (Å²) in [5, 5.41) is 52.3. The van der Waals surface area contributed by atoms with E-state index in [9.17, 15) is 62.1 Å². The van der Waals surface area contributed by atoms with Crippen LogP contribution in [0.5, 0.6) is 0 Å². The molecule has 0 bridgehead atoms. The Kier molecular flexibility index (Phi) is 25.0. The second-order valence-electron chi connectivity index (χ2n) is 17.8. The number of nitrogens with one attached hydrogen (secondary N) is 9. The van der Waals surface area contributed by atoms with Gasteiger partial charge in [0.05, 0.1) is 18.0 Å². The van der Waals surface area contributed by atoms with E-state index in [-0.39, 0.29) is 67.7 Å². The Hall–Kier alpha value is -7.28. The number of allylic oxidation sites excluding steroid dienone is 1. The molecule has 6 unspecified atom stereocenters. The van der Waals surface area contributed by atoms with Crippen LogP contribution in [0, 0.1) is 5.92 Å². The van der Waals surface area contributed by atoms with E-state index in [0.717, 1.165) is 6.08 Å². The molecule has 414 valence electrons. The van der Waals surface area contributed by atoms with Gasteiger partial charge in [0, 0.05) is 37.4 Å². The van der Waals surface area contributed by atoms with Gasteiger partial charge in [-0.25, -0.2) is 8.42 Å². The van der Waals surface area contributed by atoms with Crippen LogP contribution in [-0.4, -0.2) is 164 Å². The Balaban J connectivity index is 2.10. The topological polar surface area (TPSA) is 482 Å². The number of β-amino-alcohol motifs (C(OH)–C–C–N with tert-alkyl or cyclic N) is 1. The Morgan fingerprint density at radius 1 is 0.760 bits per heavy atom. The zero-order valence-corrected chi connectivity index (χ0v) is 42.6. The highest BCUT2D eigenvalue weighted by Gasteiger charge is 2.38. The van der Waals surface area contributed by atoms with Crippen molar-refractivity contribution in [2.24, 2.45) is 39.6 Å². The van der Waals surface area contributed by atoms with Crippen molar-refractivity contribution in [3.63, 3.8) is 0 Å². The van der Waals surface area contributed by atoms with Crippen LogP contribution in [0.2, 0.25) is 0 Å². The first-order chi connectivity index (χ1) is 35.4. The molecule has 3 rings (SSSR count). The third-order valence-electron chi connectivity index (χ3n) is 11.3. The number of anilines is 1. The molecule has 1 fully saturated rings. The predicted octanol–water partition coefficient (Wildman–Crippen LogP) is -6.25. The summed E-state index contributed by atoms with van der Waals surface area (Å²) in [4.78, 5) is 115. The minimum absolute atomic E-state index is 0.0175. The molecule has 22 N–H and O–H groups in total. The number of carbonyl (C=O) groups is 8. The van der Waals surface area contributed by atoms with Crippen LogP contribution in [0.15, 0.2) is 71.4 Å². The van der Waals surface area contributed by atoms with Crippen molar-refractivity contribution < 1.29 is 62.1 Å². The quantitative estimate of drug-likeness (QED) is 0.0286. The molecule has 2 aromatic carbocycles. The molecule has 1 aliphatic heterocycles. The van der Waals surface area contributed by atoms with Gasteiger partial charge >= 0.3 is 0 Å². The Morgan fingerprint density at radius 2 is 1.32 bits per heavy atom. The smallest absolute Gasteiger partial charge is 0.268 e. The van der Waals surface area contributed by atoms with Crippen molar-refractivity contribution in [1.29, 1.82) is 0 Å². The second kappa shape index (κ2) is 30.2. The lowest BCUT2D eigenvalue weighted by molar-refractivity contribution is -0.137. The van der Waals surface area contributed by atoms with Crippen molar-refractivity contribution in [3.05, 3.63) is 77.5 Å². The minimum atomic E-state index is -3.91. The number of amides is 8. The number of guanidine groups is 1. The van der Waals surface area contributed by atoms with Crippen LogP contribution >= 0.6 is 0 Å². The number of rotatable bonds is 18. The first-order valence-corrected chi connectivity index (χ1v) is 25.5. The summed E-state index contributed by atoms with van der Waals surface area (Å²) in [5.74, 6) is -9.62. The monoisotopic (exact) mass is 1070 g/mol. The van der Waals surface area contributed by atoms with E-state index in [4.69, 9.17) is 28.7 Å². The Morgan fingerprint density at radius 3 is 1.89 bits per heavy atom. The van der Waals surface area contributed by atoms with Crippen LogP contribution in [0.3, 0.4) is 0 Å². The largest absolute Gasteiger partial charge is 0.389 e. The predicted molar refractivity (Wildman–Crippen MR) is 274 cm³/mol. The minimum Gasteiger partial charge on any atom is -0.389 e. The van der Waals surface area contributed by atoms with Crippen molar-refractivity contribution in [2.75, 3.05) is 37.4 Å². The summed E-state index contributed by atoms with van der Waals surface area (Å²) >= 11 is 0. The lowest BCUT2D eigenvalue weighted by atomic mass is 10.0. The average Bonchev–Trinajstić information content (AvgIpc) is 3.36. The molecule has 0 radical (unpaired) electrons. The van der Waals surface area contributed by atoms with Crippen molar-refractivity contribution in [3.8, 4) is 0 Å². The van der Waals surface area contributed by atoms with Gasteiger partial charge in [-0.1, -0.05) is 50.3 Å². The maximum absolute atomic E-state index is 14.1. The molecule has 9 atom stereocenters. The van der Waals surface area contributed by atoms with Crippen LogP contribution in [0.1, 0.15) is 62.4 Å². The van der Waals surface area contributed by atoms with Crippen molar-refractivity contribution in [2.45, 2.75) is 107 Å². The Bertz CT molecular complexity index is 2460. The molecule has 1 saturated heterocycles. The molecular weight excluding hydrogens is 1000 g/mol. The third-order valence-corrected chi connectivity index (χ3v) is 12.5. The highest BCUT2D eigenvalue weighted by Crippen LogP contribution is 2.16. The standard InChI is InChI=1S/C46H71N15O13S/c1-4-28-39(66)56-30(16-17-47)40(67)57-31(19-24(2)3)42(69)55-29(11-8-18-52-46(50)51)41(68)59-36(33(63)21-49)45(72)60-35(32(62)20-48)43(70)53-22-34(64)37(44(71)54-28)58-38(65)26-12-14-27(15-13-26)61-75(73,74)23-25-9-6-5-7-10-25/h4-7,9-10,12-15,24,29-37,61-64H,8,11,16-23,47-49H2,1-3H3,(H,53,70)(H,54,71)(H,55,69)(H,56,66)(H,57,67)(H,58,65)(H,59,68)(H,60,72)(H4,50,51,52)/b28-4-/t29-,30-,31-,32?,33?,34?,35?,36?,37?/m0/s1. The van der Waals surface area contributed by atoms with Gasteiger partial charge in [0.15, 0.2) is 5.96 Å². The number of benzene rings is 2. The fourth-order valence-electron chi connectivity index (χ4n) is 7.30. The number of sulfonamides is 1. The van der Waals surface area contributed by atoms with Crippen LogP contribution in [0.4, 0.5) is 5.69 Å². The third kappa shape index (κ3) is 20.2. The lowest BCUT2D eigenvalue weighted by Gasteiger charge is -2.30. The van der Waals surface area contributed by atoms with Gasteiger partial charge in [-0.2, -0.15) is 0 Å². The maximum atomic E-state index is 14.1. The molecule has 29 heteroatoms. The number of carbonyl (C=O) groups excluding carboxylic acids is 8. The van der Waals surface area contributed by atoms with Crippen LogP contribution < -0.4 is 75.9 Å². The van der Waals surface area contributed by atoms with Gasteiger partial charge in [0.2, 0.25) is 45.5 Å². The molecule has 0 spiro atoms. The average molecular weight is 1070 g/mol. The molecule has 0 aromatic heterocycles. The number of nitrogens with zero attached hydrogens (tertiary/aromatic N) is 1. The maximum Gasteiger partial charge on any atom is 0.268 e. The highest BCUT2D eigenvalue weighted by atomic mass is 32.2. The molecule has 8 amide bonds. The fraction of sp³-hybridized carbons (Fsp3) is 0.500. The first-order valence-electron chi connectivity index (χ1n) is 23.9. The molecule has 0 aliphatic carbocycles. The Labute approximate surface area is 433 Å². The van der Waals surface area contributed by atoms with E-state index >= 15 is 0 Å². The first kappa shape index (κ1) is 62.0. The fourth-order valence-corrected chi connectivity index (χ4v) is 8.50. The second-order valence-corrected chi connectivity index (χ2v) is 19.5. The van der Waals surface area contributed by atoms with Gasteiger partial charge < -0.3 is 86.5 Å². The summed E-state index contributed by atoms with van der Waals surface area (Å²) in [5.41, 5.74) is 28.0. The number of nitrogens with two attached hydrogens (primary N) is 5. The zero-order chi connectivity index (χ0) is 56.0. The number of hydrogen-bond acceptors (Lipinski definition) is 17. The van der Waals surface area contributed by atoms with E-state index in [1.807, 2.05) is 0 Å². The molecule has 75 heavy (non-hydrogen) atoms. The van der Waals surface area contributed by atoms with Gasteiger partial charge in [-0.3, -0.25) is 48.1 Å². The highest BCUT2D eigenvalue weighted by molar-refractivity contribution is 7.91. The van der Waals surface area contributed by atoms with E-state index in [1.54, 1.807) is 44.2 Å². The number of aliphatic hydroxyl groups excluding tert-OH is 3. The molecule has 28 nitrogen and oxygen atoms in total. The van der Waals surface area contributed by atoms with Crippen LogP contribution in [-0.2, 0) is 49.3 Å². The summed E-state index contributed by atoms with van der Waals surface area (Å²) in [6.45, 7) is 2.39. The van der Waals surface area contributed by atoms with Gasteiger partial charge in [-0.05, 0) is 74.9 Å². The summed E-state index contributed by atoms with van der Waals surface area (Å²) in [7, 11) is -3.91. The lowest BCUT2D eigenvalue weighted by Crippen LogP contribution is -2.64. The molecule has 2 aromatic rings. The van der Waals surface area contributed by atoms with Crippen molar-refractivity contribution >= 4 is 68.9 Å². The summed E-state index contributed by atoms with van der Waals surface area (Å²) in [6.07, 6.45) is -5.01. The zero-order valence-electron chi connectivity index (χ0n) is 41.8. The van der Waals surface area contributed by atoms with Gasteiger partial charge in [-0.15, -0.1) is 0 Å². The van der Waals surface area contributed by atoms with E-state index in [2.05, 4.69) is 52.2 Å². The molecular formula is C46H71N15O13S. The van der Waals surface area contributed by atoms with E-state index < -0.39 is 137 Å². The number of hydrogen-bond donors (Lipinski definition) is 17. The van der Waals surface area contributed by atoms with E-state index in [1.165, 1.54) is 31.2 Å². The molecule has 1 aliphatic rings. The van der Waals surface area contributed by atoms with Gasteiger partial charge in [0.1, 0.15) is 48.1 Å². The van der Waals surface area contributed by atoms with Gasteiger partial charge in [0.25, 0.3) is 11.8 Å². The molecule has 1 heterocycles. The summed E-state index contributed by atoms with van der Waals surface area (Å²) < 4.78 is 28.1. The van der Waals surface area contributed by atoms with Crippen LogP contribution in [0.25, 0.3) is 0 Å². The number of aliphatic hydroxyl groups is 3. The van der Waals surface area contributed by atoms with Crippen molar-refractivity contribution in [1.82, 2.24) is 42.5 Å². The SMILES string of the molecule is C/C=C1\NC(=O)C(NC(=O)c2ccc(NS(=O)(=O)Cc3ccccc3)cc2)C(O)CNC(=O)C(C(O)CN)NC(=O)C(C(O)CN)NC(=O)[C@H](CCCN=C(N)N)NC(=O)[C@H](CC(C)C)NC(=O)[C@H](CCN)NC1=O. The van der Waals surface area contributed by atoms with E-state index in [0.29, 0.717) is 5.56 Å². The molecule has 0 saturated carbocycles. The summed E-state index contributed by atoms with van der Waals surface area (Å²) in [6, 6.07) is 2.95.